The summed E-state index contributed by atoms with van der Waals surface area (Å²) < 4.78 is 5.60. The minimum atomic E-state index is -1.16. The molecule has 0 unspecified atom stereocenters. The fourth-order valence-corrected chi connectivity index (χ4v) is 3.30. The molecule has 0 saturated heterocycles. The molecule has 0 fully saturated rings. The fourth-order valence-electron chi connectivity index (χ4n) is 3.30. The molecular formula is C26H23N3O4. The van der Waals surface area contributed by atoms with Crippen LogP contribution in [0.1, 0.15) is 39.6 Å². The molecule has 166 valence electrons. The van der Waals surface area contributed by atoms with E-state index in [0.717, 1.165) is 11.1 Å². The summed E-state index contributed by atoms with van der Waals surface area (Å²) in [6.07, 6.45) is -1.42. The number of hydrogen-bond acceptors (Lipinski definition) is 5. The second kappa shape index (κ2) is 10.7. The van der Waals surface area contributed by atoms with Gasteiger partial charge in [0, 0.05) is 16.9 Å². The Morgan fingerprint density at radius 1 is 0.879 bits per heavy atom. The minimum Gasteiger partial charge on any atom is -0.444 e. The summed E-state index contributed by atoms with van der Waals surface area (Å²) in [4.78, 5) is 37.4. The van der Waals surface area contributed by atoms with Crippen molar-refractivity contribution in [1.29, 1.82) is 5.26 Å². The van der Waals surface area contributed by atoms with Crippen molar-refractivity contribution >= 4 is 29.2 Å². The van der Waals surface area contributed by atoms with Crippen molar-refractivity contribution in [2.24, 2.45) is 0 Å². The van der Waals surface area contributed by atoms with Crippen LogP contribution in [0.3, 0.4) is 0 Å². The van der Waals surface area contributed by atoms with Crippen LogP contribution in [0.15, 0.2) is 72.8 Å². The summed E-state index contributed by atoms with van der Waals surface area (Å²) in [5.74, 6) is -1.60. The molecule has 3 aromatic rings. The zero-order chi connectivity index (χ0) is 23.8. The SMILES string of the molecule is Cc1cc(C)cc(NC(=O)[C@H](OC(=O)c2ccc(NC(=O)CC#N)cc2)c2ccccc2)c1. The maximum absolute atomic E-state index is 13.1. The monoisotopic (exact) mass is 441 g/mol. The second-order valence-corrected chi connectivity index (χ2v) is 7.52. The Hall–Kier alpha value is -4.44. The van der Waals surface area contributed by atoms with E-state index in [1.54, 1.807) is 30.3 Å². The number of aryl methyl sites for hydroxylation is 2. The number of ether oxygens (including phenoxy) is 1. The predicted octanol–water partition coefficient (Wildman–Crippen LogP) is 4.69. The van der Waals surface area contributed by atoms with Crippen molar-refractivity contribution in [2.75, 3.05) is 10.6 Å². The maximum atomic E-state index is 13.1. The van der Waals surface area contributed by atoms with E-state index in [0.29, 0.717) is 16.9 Å². The van der Waals surface area contributed by atoms with E-state index < -0.39 is 23.9 Å². The first-order valence-electron chi connectivity index (χ1n) is 10.3. The largest absolute Gasteiger partial charge is 0.444 e. The quantitative estimate of drug-likeness (QED) is 0.517. The first-order valence-corrected chi connectivity index (χ1v) is 10.3. The Bertz CT molecular complexity index is 1180. The van der Waals surface area contributed by atoms with Crippen LogP contribution in [0, 0.1) is 25.2 Å². The van der Waals surface area contributed by atoms with Gasteiger partial charge in [-0.25, -0.2) is 4.79 Å². The Kier molecular flexibility index (Phi) is 7.55. The first kappa shape index (κ1) is 23.2. The third kappa shape index (κ3) is 6.52. The molecule has 0 radical (unpaired) electrons. The van der Waals surface area contributed by atoms with Gasteiger partial charge in [-0.1, -0.05) is 36.4 Å². The molecule has 7 heteroatoms. The van der Waals surface area contributed by atoms with Crippen molar-refractivity contribution in [1.82, 2.24) is 0 Å². The van der Waals surface area contributed by atoms with E-state index in [9.17, 15) is 14.4 Å². The number of amides is 2. The van der Waals surface area contributed by atoms with Gasteiger partial charge in [0.25, 0.3) is 5.91 Å². The molecule has 0 aliphatic heterocycles. The maximum Gasteiger partial charge on any atom is 0.339 e. The van der Waals surface area contributed by atoms with Crippen molar-refractivity contribution in [2.45, 2.75) is 26.4 Å². The van der Waals surface area contributed by atoms with E-state index >= 15 is 0 Å². The number of anilines is 2. The van der Waals surface area contributed by atoms with Crippen LogP contribution >= 0.6 is 0 Å². The summed E-state index contributed by atoms with van der Waals surface area (Å²) in [6, 6.07) is 22.2. The standard InChI is InChI=1S/C26H23N3O4/c1-17-14-18(2)16-22(15-17)29-25(31)24(19-6-4-3-5-7-19)33-26(32)20-8-10-21(11-9-20)28-23(30)12-13-27/h3-11,14-16,24H,12H2,1-2H3,(H,28,30)(H,29,31)/t24-/m1/s1. The topological polar surface area (TPSA) is 108 Å². The summed E-state index contributed by atoms with van der Waals surface area (Å²) in [5, 5.41) is 14.0. The summed E-state index contributed by atoms with van der Waals surface area (Å²) in [7, 11) is 0. The minimum absolute atomic E-state index is 0.216. The van der Waals surface area contributed by atoms with Crippen LogP contribution in [0.25, 0.3) is 0 Å². The van der Waals surface area contributed by atoms with Crippen molar-refractivity contribution in [3.05, 3.63) is 95.1 Å². The molecule has 3 rings (SSSR count). The predicted molar refractivity (Wildman–Crippen MR) is 124 cm³/mol. The number of hydrogen-bond donors (Lipinski definition) is 2. The Morgan fingerprint density at radius 3 is 2.12 bits per heavy atom. The molecule has 0 aliphatic carbocycles. The highest BCUT2D eigenvalue weighted by Crippen LogP contribution is 2.23. The molecule has 7 nitrogen and oxygen atoms in total. The highest BCUT2D eigenvalue weighted by molar-refractivity contribution is 5.98. The van der Waals surface area contributed by atoms with Gasteiger partial charge in [-0.05, 0) is 61.4 Å². The van der Waals surface area contributed by atoms with Gasteiger partial charge in [0.05, 0.1) is 11.6 Å². The van der Waals surface area contributed by atoms with Gasteiger partial charge in [-0.2, -0.15) is 5.26 Å². The van der Waals surface area contributed by atoms with Gasteiger partial charge < -0.3 is 15.4 Å². The number of nitrogens with one attached hydrogen (secondary N) is 2. The number of carbonyl (C=O) groups excluding carboxylic acids is 3. The molecule has 2 amide bonds. The molecule has 0 bridgehead atoms. The molecule has 2 N–H and O–H groups in total. The lowest BCUT2D eigenvalue weighted by molar-refractivity contribution is -0.125. The van der Waals surface area contributed by atoms with Crippen molar-refractivity contribution < 1.29 is 19.1 Å². The van der Waals surface area contributed by atoms with Crippen LogP contribution < -0.4 is 10.6 Å². The Balaban J connectivity index is 1.78. The van der Waals surface area contributed by atoms with Crippen molar-refractivity contribution in [3.8, 4) is 6.07 Å². The molecule has 1 atom stereocenters. The lowest BCUT2D eigenvalue weighted by Crippen LogP contribution is -2.26. The van der Waals surface area contributed by atoms with Gasteiger partial charge in [-0.3, -0.25) is 9.59 Å². The number of carbonyl (C=O) groups is 3. The molecule has 0 aliphatic rings. The third-order valence-electron chi connectivity index (χ3n) is 4.70. The lowest BCUT2D eigenvalue weighted by Gasteiger charge is -2.18. The molecule has 0 saturated carbocycles. The van der Waals surface area contributed by atoms with Gasteiger partial charge in [-0.15, -0.1) is 0 Å². The van der Waals surface area contributed by atoms with Crippen LogP contribution in [-0.2, 0) is 14.3 Å². The van der Waals surface area contributed by atoms with Gasteiger partial charge in [0.1, 0.15) is 6.42 Å². The van der Waals surface area contributed by atoms with Gasteiger partial charge >= 0.3 is 5.97 Å². The van der Waals surface area contributed by atoms with E-state index in [2.05, 4.69) is 10.6 Å². The van der Waals surface area contributed by atoms with Gasteiger partial charge in [0.15, 0.2) is 0 Å². The molecule has 0 spiro atoms. The fraction of sp³-hybridized carbons (Fsp3) is 0.154. The summed E-state index contributed by atoms with van der Waals surface area (Å²) in [6.45, 7) is 3.87. The Morgan fingerprint density at radius 2 is 1.52 bits per heavy atom. The smallest absolute Gasteiger partial charge is 0.339 e. The Labute approximate surface area is 192 Å². The van der Waals surface area contributed by atoms with Crippen molar-refractivity contribution in [3.63, 3.8) is 0 Å². The van der Waals surface area contributed by atoms with Crippen LogP contribution in [0.2, 0.25) is 0 Å². The average Bonchev–Trinajstić information content (AvgIpc) is 2.77. The number of esters is 1. The summed E-state index contributed by atoms with van der Waals surface area (Å²) in [5.41, 5.74) is 3.81. The van der Waals surface area contributed by atoms with Crippen LogP contribution in [0.4, 0.5) is 11.4 Å². The van der Waals surface area contributed by atoms with E-state index in [1.165, 1.54) is 24.3 Å². The second-order valence-electron chi connectivity index (χ2n) is 7.52. The highest BCUT2D eigenvalue weighted by Gasteiger charge is 2.26. The molecule has 3 aromatic carbocycles. The molecular weight excluding hydrogens is 418 g/mol. The molecule has 0 heterocycles. The zero-order valence-electron chi connectivity index (χ0n) is 18.3. The normalized spacial score (nSPS) is 11.1. The highest BCUT2D eigenvalue weighted by atomic mass is 16.5. The molecule has 0 aromatic heterocycles. The van der Waals surface area contributed by atoms with Crippen LogP contribution in [0.5, 0.6) is 0 Å². The number of nitriles is 1. The number of benzene rings is 3. The molecule has 33 heavy (non-hydrogen) atoms. The third-order valence-corrected chi connectivity index (χ3v) is 4.70. The first-order chi connectivity index (χ1) is 15.9. The zero-order valence-corrected chi connectivity index (χ0v) is 18.3. The number of nitrogens with zero attached hydrogens (tertiary/aromatic N) is 1. The van der Waals surface area contributed by atoms with Crippen LogP contribution in [-0.4, -0.2) is 17.8 Å². The lowest BCUT2D eigenvalue weighted by atomic mass is 10.1. The average molecular weight is 441 g/mol. The van der Waals surface area contributed by atoms with E-state index in [1.807, 2.05) is 38.1 Å². The van der Waals surface area contributed by atoms with E-state index in [4.69, 9.17) is 10.00 Å². The van der Waals surface area contributed by atoms with Gasteiger partial charge in [0.2, 0.25) is 12.0 Å². The van der Waals surface area contributed by atoms with E-state index in [-0.39, 0.29) is 12.0 Å². The number of rotatable bonds is 7. The summed E-state index contributed by atoms with van der Waals surface area (Å²) >= 11 is 0.